The van der Waals surface area contributed by atoms with Gasteiger partial charge in [-0.3, -0.25) is 9.62 Å². The van der Waals surface area contributed by atoms with Crippen LogP contribution in [-0.2, 0) is 16.6 Å². The number of nitrogens with one attached hydrogen (secondary N) is 3. The van der Waals surface area contributed by atoms with Crippen LogP contribution in [0.4, 0.5) is 5.69 Å². The SMILES string of the molecule is CC(CNCc1ccccc1NS(=O)(=O)c1ccccc1)N1CCNCC1. The molecule has 0 aliphatic carbocycles. The van der Waals surface area contributed by atoms with E-state index in [2.05, 4.69) is 27.2 Å². The van der Waals surface area contributed by atoms with Crippen LogP contribution in [0.25, 0.3) is 0 Å². The van der Waals surface area contributed by atoms with Crippen molar-refractivity contribution in [3.63, 3.8) is 0 Å². The molecule has 1 heterocycles. The highest BCUT2D eigenvalue weighted by Crippen LogP contribution is 2.20. The zero-order valence-electron chi connectivity index (χ0n) is 15.7. The zero-order valence-corrected chi connectivity index (χ0v) is 16.5. The van der Waals surface area contributed by atoms with Crippen molar-refractivity contribution in [1.29, 1.82) is 0 Å². The van der Waals surface area contributed by atoms with Crippen LogP contribution in [0.2, 0.25) is 0 Å². The van der Waals surface area contributed by atoms with E-state index in [0.717, 1.165) is 38.3 Å². The maximum Gasteiger partial charge on any atom is 0.261 e. The van der Waals surface area contributed by atoms with E-state index in [1.807, 2.05) is 18.2 Å². The van der Waals surface area contributed by atoms with Gasteiger partial charge in [0.2, 0.25) is 0 Å². The highest BCUT2D eigenvalue weighted by Gasteiger charge is 2.17. The van der Waals surface area contributed by atoms with E-state index in [1.54, 1.807) is 36.4 Å². The van der Waals surface area contributed by atoms with E-state index < -0.39 is 10.0 Å². The van der Waals surface area contributed by atoms with E-state index in [0.29, 0.717) is 18.3 Å². The number of hydrogen-bond donors (Lipinski definition) is 3. The summed E-state index contributed by atoms with van der Waals surface area (Å²) in [5.41, 5.74) is 1.55. The predicted molar refractivity (Wildman–Crippen MR) is 109 cm³/mol. The van der Waals surface area contributed by atoms with Crippen LogP contribution in [0.3, 0.4) is 0 Å². The van der Waals surface area contributed by atoms with Gasteiger partial charge in [-0.1, -0.05) is 36.4 Å². The van der Waals surface area contributed by atoms with Crippen molar-refractivity contribution in [2.45, 2.75) is 24.4 Å². The number of rotatable bonds is 8. The first kappa shape index (κ1) is 19.8. The maximum atomic E-state index is 12.6. The molecule has 1 atom stereocenters. The summed E-state index contributed by atoms with van der Waals surface area (Å²) in [6.07, 6.45) is 0. The Bertz CT molecular complexity index is 821. The molecule has 1 fully saturated rings. The normalized spacial score (nSPS) is 16.8. The second-order valence-corrected chi connectivity index (χ2v) is 8.52. The van der Waals surface area contributed by atoms with Crippen LogP contribution in [0.15, 0.2) is 59.5 Å². The Hall–Kier alpha value is -1.93. The fourth-order valence-electron chi connectivity index (χ4n) is 3.25. The lowest BCUT2D eigenvalue weighted by atomic mass is 10.1. The molecule has 1 saturated heterocycles. The van der Waals surface area contributed by atoms with E-state index in [-0.39, 0.29) is 4.90 Å². The molecule has 3 rings (SSSR count). The van der Waals surface area contributed by atoms with Crippen LogP contribution in [-0.4, -0.2) is 52.1 Å². The van der Waals surface area contributed by atoms with Crippen molar-refractivity contribution >= 4 is 15.7 Å². The predicted octanol–water partition coefficient (Wildman–Crippen LogP) is 1.87. The molecular formula is C20H28N4O2S. The summed E-state index contributed by atoms with van der Waals surface area (Å²) >= 11 is 0. The zero-order chi connectivity index (χ0) is 19.1. The molecule has 1 aliphatic heterocycles. The van der Waals surface area contributed by atoms with Gasteiger partial charge in [0.05, 0.1) is 10.6 Å². The number of sulfonamides is 1. The second kappa shape index (κ2) is 9.32. The molecule has 2 aromatic rings. The van der Waals surface area contributed by atoms with Gasteiger partial charge in [0.15, 0.2) is 0 Å². The highest BCUT2D eigenvalue weighted by atomic mass is 32.2. The monoisotopic (exact) mass is 388 g/mol. The average molecular weight is 389 g/mol. The number of hydrogen-bond acceptors (Lipinski definition) is 5. The summed E-state index contributed by atoms with van der Waals surface area (Å²) in [6.45, 7) is 7.90. The molecule has 146 valence electrons. The summed E-state index contributed by atoms with van der Waals surface area (Å²) in [7, 11) is -3.59. The first-order chi connectivity index (χ1) is 13.1. The van der Waals surface area contributed by atoms with Crippen molar-refractivity contribution in [3.05, 3.63) is 60.2 Å². The average Bonchev–Trinajstić information content (AvgIpc) is 2.70. The molecule has 1 aliphatic rings. The molecular weight excluding hydrogens is 360 g/mol. The fraction of sp³-hybridized carbons (Fsp3) is 0.400. The Morgan fingerprint density at radius 2 is 1.70 bits per heavy atom. The van der Waals surface area contributed by atoms with Crippen molar-refractivity contribution < 1.29 is 8.42 Å². The lowest BCUT2D eigenvalue weighted by molar-refractivity contribution is 0.181. The smallest absolute Gasteiger partial charge is 0.261 e. The molecule has 0 amide bonds. The van der Waals surface area contributed by atoms with Gasteiger partial charge in [0.1, 0.15) is 0 Å². The fourth-order valence-corrected chi connectivity index (χ4v) is 4.37. The van der Waals surface area contributed by atoms with Crippen LogP contribution in [0, 0.1) is 0 Å². The van der Waals surface area contributed by atoms with Gasteiger partial charge < -0.3 is 10.6 Å². The minimum absolute atomic E-state index is 0.264. The van der Waals surface area contributed by atoms with Crippen LogP contribution >= 0.6 is 0 Å². The molecule has 0 radical (unpaired) electrons. The topological polar surface area (TPSA) is 73.5 Å². The molecule has 0 bridgehead atoms. The van der Waals surface area contributed by atoms with Crippen molar-refractivity contribution in [2.24, 2.45) is 0 Å². The van der Waals surface area contributed by atoms with Gasteiger partial charge in [-0.2, -0.15) is 0 Å². The first-order valence-corrected chi connectivity index (χ1v) is 10.9. The Morgan fingerprint density at radius 1 is 1.04 bits per heavy atom. The Balaban J connectivity index is 1.60. The van der Waals surface area contributed by atoms with E-state index in [1.165, 1.54) is 0 Å². The van der Waals surface area contributed by atoms with Crippen LogP contribution in [0.5, 0.6) is 0 Å². The van der Waals surface area contributed by atoms with Crippen LogP contribution < -0.4 is 15.4 Å². The van der Waals surface area contributed by atoms with Crippen LogP contribution in [0.1, 0.15) is 12.5 Å². The highest BCUT2D eigenvalue weighted by molar-refractivity contribution is 7.92. The minimum atomic E-state index is -3.59. The van der Waals surface area contributed by atoms with Crippen molar-refractivity contribution in [2.75, 3.05) is 37.4 Å². The lowest BCUT2D eigenvalue weighted by Gasteiger charge is -2.33. The number of benzene rings is 2. The largest absolute Gasteiger partial charge is 0.314 e. The second-order valence-electron chi connectivity index (χ2n) is 6.84. The summed E-state index contributed by atoms with van der Waals surface area (Å²) in [6, 6.07) is 16.4. The molecule has 0 spiro atoms. The van der Waals surface area contributed by atoms with Crippen molar-refractivity contribution in [3.8, 4) is 0 Å². The molecule has 0 saturated carbocycles. The molecule has 2 aromatic carbocycles. The molecule has 0 aromatic heterocycles. The molecule has 3 N–H and O–H groups in total. The number of piperazine rings is 1. The molecule has 7 heteroatoms. The Morgan fingerprint density at radius 3 is 2.44 bits per heavy atom. The van der Waals surface area contributed by atoms with E-state index in [9.17, 15) is 8.42 Å². The Kier molecular flexibility index (Phi) is 6.84. The lowest BCUT2D eigenvalue weighted by Crippen LogP contribution is -2.50. The van der Waals surface area contributed by atoms with Gasteiger partial charge in [-0.25, -0.2) is 8.42 Å². The van der Waals surface area contributed by atoms with Gasteiger partial charge >= 0.3 is 0 Å². The quantitative estimate of drug-likeness (QED) is 0.644. The van der Waals surface area contributed by atoms with Gasteiger partial charge in [-0.15, -0.1) is 0 Å². The number of para-hydroxylation sites is 1. The minimum Gasteiger partial charge on any atom is -0.314 e. The third-order valence-electron chi connectivity index (χ3n) is 4.85. The summed E-state index contributed by atoms with van der Waals surface area (Å²) < 4.78 is 27.9. The molecule has 1 unspecified atom stereocenters. The molecule has 27 heavy (non-hydrogen) atoms. The standard InChI is InChI=1S/C20H28N4O2S/c1-17(24-13-11-21-12-14-24)15-22-16-18-7-5-6-10-20(18)23-27(25,26)19-8-3-2-4-9-19/h2-10,17,21-23H,11-16H2,1H3. The third kappa shape index (κ3) is 5.52. The number of nitrogens with zero attached hydrogens (tertiary/aromatic N) is 1. The van der Waals surface area contributed by atoms with E-state index in [4.69, 9.17) is 0 Å². The third-order valence-corrected chi connectivity index (χ3v) is 6.23. The molecule has 6 nitrogen and oxygen atoms in total. The maximum absolute atomic E-state index is 12.6. The first-order valence-electron chi connectivity index (χ1n) is 9.37. The van der Waals surface area contributed by atoms with Gasteiger partial charge in [0.25, 0.3) is 10.0 Å². The van der Waals surface area contributed by atoms with Gasteiger partial charge in [-0.05, 0) is 30.7 Å². The summed E-state index contributed by atoms with van der Waals surface area (Å²) in [4.78, 5) is 2.73. The van der Waals surface area contributed by atoms with Crippen molar-refractivity contribution in [1.82, 2.24) is 15.5 Å². The summed E-state index contributed by atoms with van der Waals surface area (Å²) in [5.74, 6) is 0. The summed E-state index contributed by atoms with van der Waals surface area (Å²) in [5, 5.41) is 6.83. The number of anilines is 1. The van der Waals surface area contributed by atoms with Gasteiger partial charge in [0, 0.05) is 45.3 Å². The van der Waals surface area contributed by atoms with E-state index >= 15 is 0 Å². The Labute approximate surface area is 162 Å².